The fourth-order valence-corrected chi connectivity index (χ4v) is 2.99. The highest BCUT2D eigenvalue weighted by Gasteiger charge is 2.18. The van der Waals surface area contributed by atoms with E-state index in [0.717, 1.165) is 32.5 Å². The zero-order chi connectivity index (χ0) is 12.7. The highest BCUT2D eigenvalue weighted by Crippen LogP contribution is 2.14. The third-order valence-electron chi connectivity index (χ3n) is 2.90. The Bertz CT molecular complexity index is 299. The van der Waals surface area contributed by atoms with Gasteiger partial charge in [0.15, 0.2) is 0 Å². The summed E-state index contributed by atoms with van der Waals surface area (Å²) < 4.78 is 32.9. The van der Waals surface area contributed by atoms with Gasteiger partial charge in [-0.05, 0) is 18.8 Å². The van der Waals surface area contributed by atoms with Crippen LogP contribution < -0.4 is 5.14 Å². The van der Waals surface area contributed by atoms with Crippen LogP contribution in [0.15, 0.2) is 0 Å². The standard InChI is InChI=1S/C11H23NO4S/c1-2-3-11(9-17(12,13)14)8-16-7-10-4-5-15-6-10/h10-11H,2-9H2,1H3,(H2,12,13,14). The van der Waals surface area contributed by atoms with Gasteiger partial charge in [0.2, 0.25) is 10.0 Å². The first-order chi connectivity index (χ1) is 8.01. The van der Waals surface area contributed by atoms with Crippen molar-refractivity contribution in [2.45, 2.75) is 26.2 Å². The quantitative estimate of drug-likeness (QED) is 0.702. The number of hydrogen-bond acceptors (Lipinski definition) is 4. The van der Waals surface area contributed by atoms with E-state index in [4.69, 9.17) is 14.6 Å². The van der Waals surface area contributed by atoms with Crippen molar-refractivity contribution in [1.82, 2.24) is 0 Å². The third-order valence-corrected chi connectivity index (χ3v) is 3.83. The zero-order valence-corrected chi connectivity index (χ0v) is 11.2. The minimum absolute atomic E-state index is 0.0114. The molecule has 2 N–H and O–H groups in total. The van der Waals surface area contributed by atoms with E-state index in [-0.39, 0.29) is 11.7 Å². The molecule has 1 aliphatic rings. The van der Waals surface area contributed by atoms with Crippen LogP contribution >= 0.6 is 0 Å². The molecule has 2 atom stereocenters. The molecule has 1 rings (SSSR count). The molecule has 1 heterocycles. The minimum atomic E-state index is -3.40. The summed E-state index contributed by atoms with van der Waals surface area (Å²) in [5.74, 6) is 0.492. The Hall–Kier alpha value is -0.170. The van der Waals surface area contributed by atoms with Gasteiger partial charge in [-0.1, -0.05) is 13.3 Å². The van der Waals surface area contributed by atoms with Crippen molar-refractivity contribution in [3.63, 3.8) is 0 Å². The van der Waals surface area contributed by atoms with Crippen LogP contribution in [-0.2, 0) is 19.5 Å². The average Bonchev–Trinajstić information content (AvgIpc) is 2.68. The van der Waals surface area contributed by atoms with Gasteiger partial charge >= 0.3 is 0 Å². The monoisotopic (exact) mass is 265 g/mol. The van der Waals surface area contributed by atoms with Crippen LogP contribution in [0.1, 0.15) is 26.2 Å². The lowest BCUT2D eigenvalue weighted by Gasteiger charge is -2.16. The molecule has 1 saturated heterocycles. The summed E-state index contributed by atoms with van der Waals surface area (Å²) in [6, 6.07) is 0. The molecule has 0 saturated carbocycles. The summed E-state index contributed by atoms with van der Waals surface area (Å²) in [6.07, 6.45) is 2.81. The SMILES string of the molecule is CCCC(COCC1CCOC1)CS(N)(=O)=O. The molecule has 1 aliphatic heterocycles. The van der Waals surface area contributed by atoms with Crippen LogP contribution in [0.2, 0.25) is 0 Å². The summed E-state index contributed by atoms with van der Waals surface area (Å²) in [7, 11) is -3.40. The van der Waals surface area contributed by atoms with E-state index in [1.807, 2.05) is 6.92 Å². The van der Waals surface area contributed by atoms with E-state index in [2.05, 4.69) is 0 Å². The van der Waals surface area contributed by atoms with E-state index in [1.54, 1.807) is 0 Å². The smallest absolute Gasteiger partial charge is 0.209 e. The van der Waals surface area contributed by atoms with E-state index in [0.29, 0.717) is 19.1 Å². The second kappa shape index (κ2) is 7.31. The van der Waals surface area contributed by atoms with Crippen molar-refractivity contribution >= 4 is 10.0 Å². The maximum absolute atomic E-state index is 11.0. The summed E-state index contributed by atoms with van der Waals surface area (Å²) in [6.45, 7) is 4.73. The number of nitrogens with two attached hydrogens (primary N) is 1. The molecule has 1 fully saturated rings. The van der Waals surface area contributed by atoms with Crippen molar-refractivity contribution in [3.8, 4) is 0 Å². The molecule has 0 amide bonds. The number of primary sulfonamides is 1. The number of sulfonamides is 1. The maximum atomic E-state index is 11.0. The summed E-state index contributed by atoms with van der Waals surface area (Å²) >= 11 is 0. The Labute approximate surface area is 104 Å². The van der Waals surface area contributed by atoms with Gasteiger partial charge in [-0.3, -0.25) is 0 Å². The lowest BCUT2D eigenvalue weighted by Crippen LogP contribution is -2.26. The van der Waals surface area contributed by atoms with Crippen molar-refractivity contribution in [1.29, 1.82) is 0 Å². The molecule has 0 spiro atoms. The summed E-state index contributed by atoms with van der Waals surface area (Å²) in [5, 5.41) is 5.06. The zero-order valence-electron chi connectivity index (χ0n) is 10.4. The molecule has 5 nitrogen and oxygen atoms in total. The van der Waals surface area contributed by atoms with Gasteiger partial charge in [0.1, 0.15) is 0 Å². The number of hydrogen-bond donors (Lipinski definition) is 1. The van der Waals surface area contributed by atoms with Crippen LogP contribution in [0.5, 0.6) is 0 Å². The minimum Gasteiger partial charge on any atom is -0.381 e. The lowest BCUT2D eigenvalue weighted by atomic mass is 10.1. The van der Waals surface area contributed by atoms with Crippen LogP contribution in [0, 0.1) is 11.8 Å². The van der Waals surface area contributed by atoms with Gasteiger partial charge in [0.25, 0.3) is 0 Å². The van der Waals surface area contributed by atoms with E-state index < -0.39 is 10.0 Å². The number of ether oxygens (including phenoxy) is 2. The molecule has 0 radical (unpaired) electrons. The van der Waals surface area contributed by atoms with Crippen LogP contribution in [0.25, 0.3) is 0 Å². The fraction of sp³-hybridized carbons (Fsp3) is 1.00. The molecule has 2 unspecified atom stereocenters. The topological polar surface area (TPSA) is 78.6 Å². The molecular formula is C11H23NO4S. The Balaban J connectivity index is 2.23. The third kappa shape index (κ3) is 6.98. The van der Waals surface area contributed by atoms with Gasteiger partial charge in [-0.15, -0.1) is 0 Å². The molecule has 0 bridgehead atoms. The predicted molar refractivity (Wildman–Crippen MR) is 66.1 cm³/mol. The lowest BCUT2D eigenvalue weighted by molar-refractivity contribution is 0.0679. The molecule has 0 aromatic carbocycles. The Kier molecular flexibility index (Phi) is 6.40. The second-order valence-electron chi connectivity index (χ2n) is 4.75. The highest BCUT2D eigenvalue weighted by molar-refractivity contribution is 7.89. The molecule has 0 aliphatic carbocycles. The van der Waals surface area contributed by atoms with Crippen molar-refractivity contribution in [2.24, 2.45) is 17.0 Å². The fourth-order valence-electron chi connectivity index (χ4n) is 2.07. The maximum Gasteiger partial charge on any atom is 0.209 e. The van der Waals surface area contributed by atoms with Gasteiger partial charge in [0.05, 0.1) is 25.6 Å². The van der Waals surface area contributed by atoms with E-state index in [1.165, 1.54) is 0 Å². The van der Waals surface area contributed by atoms with Crippen LogP contribution in [-0.4, -0.2) is 40.6 Å². The van der Waals surface area contributed by atoms with Gasteiger partial charge in [-0.2, -0.15) is 0 Å². The highest BCUT2D eigenvalue weighted by atomic mass is 32.2. The van der Waals surface area contributed by atoms with Crippen molar-refractivity contribution in [2.75, 3.05) is 32.2 Å². The molecule has 0 aromatic heterocycles. The second-order valence-corrected chi connectivity index (χ2v) is 6.41. The van der Waals surface area contributed by atoms with E-state index in [9.17, 15) is 8.42 Å². The van der Waals surface area contributed by atoms with Crippen LogP contribution in [0.3, 0.4) is 0 Å². The van der Waals surface area contributed by atoms with E-state index >= 15 is 0 Å². The molecule has 6 heteroatoms. The normalized spacial score (nSPS) is 22.8. The van der Waals surface area contributed by atoms with Gasteiger partial charge < -0.3 is 9.47 Å². The average molecular weight is 265 g/mol. The largest absolute Gasteiger partial charge is 0.381 e. The Morgan fingerprint density at radius 3 is 2.82 bits per heavy atom. The number of rotatable bonds is 8. The van der Waals surface area contributed by atoms with Gasteiger partial charge in [-0.25, -0.2) is 13.6 Å². The molecule has 102 valence electrons. The first-order valence-electron chi connectivity index (χ1n) is 6.17. The Morgan fingerprint density at radius 1 is 1.53 bits per heavy atom. The summed E-state index contributed by atoms with van der Waals surface area (Å²) in [5.41, 5.74) is 0. The molecular weight excluding hydrogens is 242 g/mol. The predicted octanol–water partition coefficient (Wildman–Crippen LogP) is 0.744. The van der Waals surface area contributed by atoms with Crippen LogP contribution in [0.4, 0.5) is 0 Å². The first kappa shape index (κ1) is 14.9. The van der Waals surface area contributed by atoms with Crippen molar-refractivity contribution in [3.05, 3.63) is 0 Å². The summed E-state index contributed by atoms with van der Waals surface area (Å²) in [4.78, 5) is 0. The first-order valence-corrected chi connectivity index (χ1v) is 7.88. The Morgan fingerprint density at radius 2 is 2.29 bits per heavy atom. The van der Waals surface area contributed by atoms with Gasteiger partial charge in [0, 0.05) is 12.5 Å². The molecule has 0 aromatic rings. The molecule has 17 heavy (non-hydrogen) atoms. The van der Waals surface area contributed by atoms with Crippen molar-refractivity contribution < 1.29 is 17.9 Å².